The van der Waals surface area contributed by atoms with Crippen molar-refractivity contribution >= 4 is 6.03 Å². The average molecular weight is 275 g/mol. The Morgan fingerprint density at radius 2 is 2.30 bits per heavy atom. The molecule has 2 rings (SSSR count). The molecule has 1 aromatic rings. The first-order valence-electron chi connectivity index (χ1n) is 6.68. The Hall–Kier alpha value is -2.09. The van der Waals surface area contributed by atoms with Gasteiger partial charge in [0.25, 0.3) is 0 Å². The second kappa shape index (κ2) is 5.49. The molecule has 4 nitrogen and oxygen atoms in total. The van der Waals surface area contributed by atoms with Gasteiger partial charge in [-0.2, -0.15) is 5.26 Å². The lowest BCUT2D eigenvalue weighted by atomic mass is 10.0. The Labute approximate surface area is 118 Å². The van der Waals surface area contributed by atoms with Gasteiger partial charge in [-0.3, -0.25) is 0 Å². The molecule has 2 amide bonds. The summed E-state index contributed by atoms with van der Waals surface area (Å²) in [6.07, 6.45) is 1.96. The molecule has 1 fully saturated rings. The van der Waals surface area contributed by atoms with Crippen LogP contribution in [0.1, 0.15) is 37.8 Å². The van der Waals surface area contributed by atoms with Gasteiger partial charge >= 0.3 is 6.03 Å². The molecule has 0 radical (unpaired) electrons. The van der Waals surface area contributed by atoms with E-state index in [1.165, 1.54) is 18.2 Å². The van der Waals surface area contributed by atoms with Gasteiger partial charge in [-0.05, 0) is 44.9 Å². The van der Waals surface area contributed by atoms with E-state index in [0.29, 0.717) is 11.1 Å². The van der Waals surface area contributed by atoms with Crippen molar-refractivity contribution in [3.05, 3.63) is 35.1 Å². The van der Waals surface area contributed by atoms with Crippen LogP contribution in [-0.4, -0.2) is 23.0 Å². The number of carbonyl (C=O) groups is 1. The standard InChI is InChI=1S/C15H18FN3O/c1-15(2)6-3-7-19(15)14(20)18-10-12-8-11(9-17)4-5-13(12)16/h4-5,8H,3,6-7,10H2,1-2H3,(H,18,20). The van der Waals surface area contributed by atoms with Crippen molar-refractivity contribution in [2.75, 3.05) is 6.54 Å². The Morgan fingerprint density at radius 3 is 2.90 bits per heavy atom. The molecule has 1 saturated heterocycles. The first-order chi connectivity index (χ1) is 9.44. The number of urea groups is 1. The van der Waals surface area contributed by atoms with Crippen molar-refractivity contribution in [1.82, 2.24) is 10.2 Å². The first kappa shape index (κ1) is 14.3. The van der Waals surface area contributed by atoms with Crippen LogP contribution in [0, 0.1) is 17.1 Å². The van der Waals surface area contributed by atoms with Gasteiger partial charge in [-0.1, -0.05) is 0 Å². The van der Waals surface area contributed by atoms with Crippen LogP contribution in [-0.2, 0) is 6.54 Å². The van der Waals surface area contributed by atoms with Crippen molar-refractivity contribution < 1.29 is 9.18 Å². The molecule has 0 saturated carbocycles. The summed E-state index contributed by atoms with van der Waals surface area (Å²) >= 11 is 0. The number of benzene rings is 1. The van der Waals surface area contributed by atoms with Gasteiger partial charge in [-0.15, -0.1) is 0 Å². The summed E-state index contributed by atoms with van der Waals surface area (Å²) in [6, 6.07) is 5.91. The van der Waals surface area contributed by atoms with E-state index in [4.69, 9.17) is 5.26 Å². The quantitative estimate of drug-likeness (QED) is 0.902. The summed E-state index contributed by atoms with van der Waals surface area (Å²) in [5.41, 5.74) is 0.559. The molecule has 0 aromatic heterocycles. The van der Waals surface area contributed by atoms with E-state index in [9.17, 15) is 9.18 Å². The maximum absolute atomic E-state index is 13.6. The highest BCUT2D eigenvalue weighted by Gasteiger charge is 2.35. The maximum Gasteiger partial charge on any atom is 0.318 e. The molecule has 1 aliphatic heterocycles. The van der Waals surface area contributed by atoms with E-state index in [0.717, 1.165) is 19.4 Å². The highest BCUT2D eigenvalue weighted by molar-refractivity contribution is 5.75. The molecule has 1 N–H and O–H groups in total. The Morgan fingerprint density at radius 1 is 1.55 bits per heavy atom. The number of nitriles is 1. The highest BCUT2D eigenvalue weighted by atomic mass is 19.1. The van der Waals surface area contributed by atoms with E-state index in [2.05, 4.69) is 5.32 Å². The number of likely N-dealkylation sites (tertiary alicyclic amines) is 1. The van der Waals surface area contributed by atoms with Crippen LogP contribution in [0.15, 0.2) is 18.2 Å². The Balaban J connectivity index is 2.02. The van der Waals surface area contributed by atoms with Crippen LogP contribution in [0.2, 0.25) is 0 Å². The molecule has 1 aliphatic rings. The maximum atomic E-state index is 13.6. The predicted molar refractivity (Wildman–Crippen MR) is 73.4 cm³/mol. The van der Waals surface area contributed by atoms with E-state index in [-0.39, 0.29) is 18.1 Å². The fraction of sp³-hybridized carbons (Fsp3) is 0.467. The van der Waals surface area contributed by atoms with Gasteiger partial charge in [0.05, 0.1) is 11.6 Å². The lowest BCUT2D eigenvalue weighted by Gasteiger charge is -2.31. The minimum atomic E-state index is -0.412. The van der Waals surface area contributed by atoms with Crippen molar-refractivity contribution in [3.63, 3.8) is 0 Å². The summed E-state index contributed by atoms with van der Waals surface area (Å²) in [5.74, 6) is -0.412. The number of carbonyl (C=O) groups excluding carboxylic acids is 1. The molecule has 106 valence electrons. The third-order valence-electron chi connectivity index (χ3n) is 3.75. The van der Waals surface area contributed by atoms with Crippen LogP contribution < -0.4 is 5.32 Å². The van der Waals surface area contributed by atoms with Crippen LogP contribution in [0.4, 0.5) is 9.18 Å². The van der Waals surface area contributed by atoms with Crippen molar-refractivity contribution in [1.29, 1.82) is 5.26 Å². The normalized spacial score (nSPS) is 16.8. The zero-order valence-electron chi connectivity index (χ0n) is 11.7. The Kier molecular flexibility index (Phi) is 3.93. The number of nitrogens with zero attached hydrogens (tertiary/aromatic N) is 2. The molecule has 1 heterocycles. The van der Waals surface area contributed by atoms with E-state index in [1.807, 2.05) is 19.9 Å². The zero-order valence-corrected chi connectivity index (χ0v) is 11.7. The van der Waals surface area contributed by atoms with Gasteiger partial charge in [0.15, 0.2) is 0 Å². The van der Waals surface area contributed by atoms with Crippen molar-refractivity contribution in [2.24, 2.45) is 0 Å². The molecule has 0 bridgehead atoms. The molecule has 0 spiro atoms. The van der Waals surface area contributed by atoms with Crippen LogP contribution in [0.3, 0.4) is 0 Å². The molecule has 0 aliphatic carbocycles. The first-order valence-corrected chi connectivity index (χ1v) is 6.68. The summed E-state index contributed by atoms with van der Waals surface area (Å²) in [5, 5.41) is 11.5. The fourth-order valence-corrected chi connectivity index (χ4v) is 2.53. The van der Waals surface area contributed by atoms with Gasteiger partial charge < -0.3 is 10.2 Å². The number of halogens is 1. The van der Waals surface area contributed by atoms with Crippen molar-refractivity contribution in [3.8, 4) is 6.07 Å². The van der Waals surface area contributed by atoms with E-state index in [1.54, 1.807) is 4.90 Å². The number of hydrogen-bond acceptors (Lipinski definition) is 2. The van der Waals surface area contributed by atoms with Gasteiger partial charge in [-0.25, -0.2) is 9.18 Å². The number of nitrogens with one attached hydrogen (secondary N) is 1. The van der Waals surface area contributed by atoms with Crippen molar-refractivity contribution in [2.45, 2.75) is 38.8 Å². The predicted octanol–water partition coefficient (Wildman–Crippen LogP) is 2.78. The summed E-state index contributed by atoms with van der Waals surface area (Å²) in [4.78, 5) is 13.9. The van der Waals surface area contributed by atoms with Gasteiger partial charge in [0.2, 0.25) is 0 Å². The van der Waals surface area contributed by atoms with E-state index >= 15 is 0 Å². The van der Waals surface area contributed by atoms with Crippen LogP contribution in [0.25, 0.3) is 0 Å². The molecular weight excluding hydrogens is 257 g/mol. The second-order valence-corrected chi connectivity index (χ2v) is 5.64. The summed E-state index contributed by atoms with van der Waals surface area (Å²) in [7, 11) is 0. The highest BCUT2D eigenvalue weighted by Crippen LogP contribution is 2.27. The third-order valence-corrected chi connectivity index (χ3v) is 3.75. The topological polar surface area (TPSA) is 56.1 Å². The Bertz CT molecular complexity index is 563. The molecular formula is C15H18FN3O. The average Bonchev–Trinajstić information content (AvgIpc) is 2.77. The van der Waals surface area contributed by atoms with Gasteiger partial charge in [0.1, 0.15) is 5.82 Å². The van der Waals surface area contributed by atoms with E-state index < -0.39 is 5.82 Å². The van der Waals surface area contributed by atoms with Gasteiger partial charge in [0, 0.05) is 24.2 Å². The molecule has 0 atom stereocenters. The number of rotatable bonds is 2. The SMILES string of the molecule is CC1(C)CCCN1C(=O)NCc1cc(C#N)ccc1F. The minimum absolute atomic E-state index is 0.0900. The lowest BCUT2D eigenvalue weighted by molar-refractivity contribution is 0.165. The second-order valence-electron chi connectivity index (χ2n) is 5.64. The largest absolute Gasteiger partial charge is 0.334 e. The fourth-order valence-electron chi connectivity index (χ4n) is 2.53. The van der Waals surface area contributed by atoms with Crippen LogP contribution >= 0.6 is 0 Å². The molecule has 0 unspecified atom stereocenters. The van der Waals surface area contributed by atoms with Crippen LogP contribution in [0.5, 0.6) is 0 Å². The summed E-state index contributed by atoms with van der Waals surface area (Å²) < 4.78 is 13.6. The lowest BCUT2D eigenvalue weighted by Crippen LogP contribution is -2.47. The third kappa shape index (κ3) is 2.90. The number of amides is 2. The molecule has 5 heteroatoms. The molecule has 20 heavy (non-hydrogen) atoms. The monoisotopic (exact) mass is 275 g/mol. The minimum Gasteiger partial charge on any atom is -0.334 e. The zero-order chi connectivity index (χ0) is 14.8. The molecule has 1 aromatic carbocycles. The summed E-state index contributed by atoms with van der Waals surface area (Å²) in [6.45, 7) is 4.86. The smallest absolute Gasteiger partial charge is 0.318 e. The number of hydrogen-bond donors (Lipinski definition) is 1.